The lowest BCUT2D eigenvalue weighted by molar-refractivity contribution is 0.447. The largest absolute Gasteiger partial charge is 0.505 e. The average Bonchev–Trinajstić information content (AvgIpc) is 2.57. The van der Waals surface area contributed by atoms with Crippen molar-refractivity contribution in [3.8, 4) is 5.75 Å². The fourth-order valence-corrected chi connectivity index (χ4v) is 3.69. The molecular formula is C18H13N3O4S. The van der Waals surface area contributed by atoms with E-state index in [1.165, 1.54) is 0 Å². The summed E-state index contributed by atoms with van der Waals surface area (Å²) in [5.74, 6) is -0.434. The highest BCUT2D eigenvalue weighted by atomic mass is 32.2. The minimum absolute atomic E-state index is 0.0533. The van der Waals surface area contributed by atoms with Gasteiger partial charge in [-0.05, 0) is 43.8 Å². The number of fused-ring (bicyclic) bond motifs is 3. The van der Waals surface area contributed by atoms with E-state index in [9.17, 15) is 14.7 Å². The number of nitrogens with zero attached hydrogens (tertiary/aromatic N) is 2. The van der Waals surface area contributed by atoms with Crippen LogP contribution in [0, 0.1) is 13.8 Å². The Hall–Kier alpha value is -3.13. The fourth-order valence-electron chi connectivity index (χ4n) is 2.80. The van der Waals surface area contributed by atoms with Gasteiger partial charge in [0.05, 0.1) is 5.52 Å². The Labute approximate surface area is 150 Å². The van der Waals surface area contributed by atoms with Crippen molar-refractivity contribution in [2.75, 3.05) is 0 Å². The zero-order valence-electron chi connectivity index (χ0n) is 13.9. The zero-order chi connectivity index (χ0) is 18.4. The van der Waals surface area contributed by atoms with E-state index in [1.807, 2.05) is 0 Å². The molecule has 0 saturated heterocycles. The Kier molecular flexibility index (Phi) is 3.77. The molecule has 4 rings (SSSR count). The first-order chi connectivity index (χ1) is 12.4. The first-order valence-electron chi connectivity index (χ1n) is 7.75. The first-order valence-corrected chi connectivity index (χ1v) is 8.56. The Morgan fingerprint density at radius 1 is 1.12 bits per heavy atom. The van der Waals surface area contributed by atoms with Crippen LogP contribution in [0.3, 0.4) is 0 Å². The van der Waals surface area contributed by atoms with E-state index in [-0.39, 0.29) is 15.9 Å². The molecule has 130 valence electrons. The van der Waals surface area contributed by atoms with Crippen molar-refractivity contribution in [2.24, 2.45) is 0 Å². The van der Waals surface area contributed by atoms with Gasteiger partial charge in [-0.3, -0.25) is 4.79 Å². The minimum atomic E-state index is -0.751. The number of pyridine rings is 1. The number of para-hydroxylation sites is 1. The number of aromatic amines is 1. The van der Waals surface area contributed by atoms with Crippen molar-refractivity contribution in [1.82, 2.24) is 15.0 Å². The molecule has 2 N–H and O–H groups in total. The van der Waals surface area contributed by atoms with Gasteiger partial charge in [0.2, 0.25) is 0 Å². The summed E-state index contributed by atoms with van der Waals surface area (Å²) in [6.45, 7) is 3.61. The van der Waals surface area contributed by atoms with E-state index in [1.54, 1.807) is 44.2 Å². The van der Waals surface area contributed by atoms with Gasteiger partial charge >= 0.3 is 5.63 Å². The van der Waals surface area contributed by atoms with Crippen LogP contribution >= 0.6 is 11.8 Å². The predicted octanol–water partition coefficient (Wildman–Crippen LogP) is 2.90. The van der Waals surface area contributed by atoms with Crippen LogP contribution in [0.2, 0.25) is 0 Å². The molecule has 0 unspecified atom stereocenters. The second kappa shape index (κ2) is 5.99. The van der Waals surface area contributed by atoms with Gasteiger partial charge in [0, 0.05) is 16.8 Å². The number of aromatic hydroxyl groups is 1. The summed E-state index contributed by atoms with van der Waals surface area (Å²) in [5, 5.41) is 11.4. The van der Waals surface area contributed by atoms with E-state index >= 15 is 0 Å². The SMILES string of the molecule is Cc1cc(C)nc(Sc2c(O)c3c(=O)[nH]c4ccccc4c3oc2=O)n1. The van der Waals surface area contributed by atoms with Crippen LogP contribution in [0.4, 0.5) is 0 Å². The molecule has 0 aliphatic carbocycles. The molecule has 3 heterocycles. The van der Waals surface area contributed by atoms with Crippen molar-refractivity contribution in [1.29, 1.82) is 0 Å². The minimum Gasteiger partial charge on any atom is -0.505 e. The van der Waals surface area contributed by atoms with Crippen molar-refractivity contribution >= 4 is 33.6 Å². The molecule has 0 radical (unpaired) electrons. The molecule has 0 fully saturated rings. The molecule has 0 amide bonds. The molecule has 1 aromatic carbocycles. The number of H-pyrrole nitrogens is 1. The molecule has 7 nitrogen and oxygen atoms in total. The Balaban J connectivity index is 2.00. The highest BCUT2D eigenvalue weighted by Gasteiger charge is 2.21. The van der Waals surface area contributed by atoms with Crippen LogP contribution < -0.4 is 11.2 Å². The molecule has 0 aliphatic rings. The number of rotatable bonds is 2. The van der Waals surface area contributed by atoms with E-state index in [0.29, 0.717) is 16.1 Å². The summed E-state index contributed by atoms with van der Waals surface area (Å²) in [5.41, 5.74) is 0.742. The average molecular weight is 367 g/mol. The first kappa shape index (κ1) is 16.3. The normalized spacial score (nSPS) is 11.3. The highest BCUT2D eigenvalue weighted by Crippen LogP contribution is 2.35. The maximum Gasteiger partial charge on any atom is 0.354 e. The standard InChI is InChI=1S/C18H13N3O4S/c1-8-7-9(2)20-18(19-8)26-15-13(22)12-14(25-17(15)24)10-5-3-4-6-11(10)21-16(12)23/h3-7,22H,1-2H3,(H,21,23). The van der Waals surface area contributed by atoms with Gasteiger partial charge in [0.1, 0.15) is 10.3 Å². The molecule has 4 aromatic rings. The van der Waals surface area contributed by atoms with Gasteiger partial charge in [0.15, 0.2) is 16.5 Å². The summed E-state index contributed by atoms with van der Waals surface area (Å²) in [4.78, 5) is 35.9. The third-order valence-corrected chi connectivity index (χ3v) is 4.79. The van der Waals surface area contributed by atoms with Gasteiger partial charge in [0.25, 0.3) is 5.56 Å². The number of nitrogens with one attached hydrogen (secondary N) is 1. The molecular weight excluding hydrogens is 354 g/mol. The molecule has 8 heteroatoms. The molecule has 0 aliphatic heterocycles. The summed E-state index contributed by atoms with van der Waals surface area (Å²) in [6, 6.07) is 8.70. The monoisotopic (exact) mass is 367 g/mol. The quantitative estimate of drug-likeness (QED) is 0.414. The predicted molar refractivity (Wildman–Crippen MR) is 97.9 cm³/mol. The summed E-state index contributed by atoms with van der Waals surface area (Å²) in [6.07, 6.45) is 0. The van der Waals surface area contributed by atoms with Crippen molar-refractivity contribution < 1.29 is 9.52 Å². The maximum atomic E-state index is 12.5. The van der Waals surface area contributed by atoms with Gasteiger partial charge in [-0.15, -0.1) is 0 Å². The second-order valence-electron chi connectivity index (χ2n) is 5.81. The lowest BCUT2D eigenvalue weighted by Gasteiger charge is -2.07. The second-order valence-corrected chi connectivity index (χ2v) is 6.78. The van der Waals surface area contributed by atoms with Crippen molar-refractivity contribution in [2.45, 2.75) is 23.9 Å². The van der Waals surface area contributed by atoms with Gasteiger partial charge in [-0.25, -0.2) is 14.8 Å². The number of aryl methyl sites for hydroxylation is 2. The molecule has 0 atom stereocenters. The summed E-state index contributed by atoms with van der Waals surface area (Å²) >= 11 is 0.867. The Morgan fingerprint density at radius 3 is 2.54 bits per heavy atom. The Bertz CT molecular complexity index is 1270. The van der Waals surface area contributed by atoms with Crippen molar-refractivity contribution in [3.05, 3.63) is 62.5 Å². The van der Waals surface area contributed by atoms with E-state index in [2.05, 4.69) is 15.0 Å². The third-order valence-electron chi connectivity index (χ3n) is 3.86. The fraction of sp³-hybridized carbons (Fsp3) is 0.111. The van der Waals surface area contributed by atoms with Gasteiger partial charge in [-0.2, -0.15) is 0 Å². The van der Waals surface area contributed by atoms with E-state index in [0.717, 1.165) is 23.1 Å². The Morgan fingerprint density at radius 2 is 1.81 bits per heavy atom. The van der Waals surface area contributed by atoms with Crippen LogP contribution in [0.15, 0.2) is 54.4 Å². The summed E-state index contributed by atoms with van der Waals surface area (Å²) < 4.78 is 5.39. The number of benzene rings is 1. The van der Waals surface area contributed by atoms with Crippen LogP contribution in [-0.4, -0.2) is 20.1 Å². The molecule has 0 spiro atoms. The van der Waals surface area contributed by atoms with E-state index in [4.69, 9.17) is 4.42 Å². The number of hydrogen-bond acceptors (Lipinski definition) is 7. The maximum absolute atomic E-state index is 12.5. The lowest BCUT2D eigenvalue weighted by atomic mass is 10.1. The number of hydrogen-bond donors (Lipinski definition) is 2. The van der Waals surface area contributed by atoms with Gasteiger partial charge < -0.3 is 14.5 Å². The van der Waals surface area contributed by atoms with Crippen LogP contribution in [0.25, 0.3) is 21.9 Å². The molecule has 0 bridgehead atoms. The van der Waals surface area contributed by atoms with Crippen LogP contribution in [-0.2, 0) is 0 Å². The molecule has 26 heavy (non-hydrogen) atoms. The van der Waals surface area contributed by atoms with Crippen molar-refractivity contribution in [3.63, 3.8) is 0 Å². The third kappa shape index (κ3) is 2.64. The van der Waals surface area contributed by atoms with Gasteiger partial charge in [-0.1, -0.05) is 12.1 Å². The summed E-state index contributed by atoms with van der Waals surface area (Å²) in [7, 11) is 0. The van der Waals surface area contributed by atoms with Crippen LogP contribution in [0.5, 0.6) is 5.75 Å². The smallest absolute Gasteiger partial charge is 0.354 e. The topological polar surface area (TPSA) is 109 Å². The molecule has 0 saturated carbocycles. The lowest BCUT2D eigenvalue weighted by Crippen LogP contribution is -2.11. The zero-order valence-corrected chi connectivity index (χ0v) is 14.7. The van der Waals surface area contributed by atoms with E-state index < -0.39 is 16.9 Å². The van der Waals surface area contributed by atoms with Crippen LogP contribution in [0.1, 0.15) is 11.4 Å². The molecule has 3 aromatic heterocycles. The number of aromatic nitrogens is 3. The highest BCUT2D eigenvalue weighted by molar-refractivity contribution is 7.99.